The van der Waals surface area contributed by atoms with Crippen molar-refractivity contribution in [3.63, 3.8) is 0 Å². The van der Waals surface area contributed by atoms with Crippen molar-refractivity contribution in [2.45, 2.75) is 39.2 Å². The largest absolute Gasteiger partial charge is 0.492 e. The number of ether oxygens (including phenoxy) is 1. The first-order valence-corrected chi connectivity index (χ1v) is 11.3. The van der Waals surface area contributed by atoms with Crippen LogP contribution in [-0.2, 0) is 4.79 Å². The molecule has 0 aromatic heterocycles. The molecule has 5 nitrogen and oxygen atoms in total. The van der Waals surface area contributed by atoms with Crippen LogP contribution in [0.2, 0.25) is 0 Å². The molecule has 2 aromatic carbocycles. The average Bonchev–Trinajstić information content (AvgIpc) is 2.80. The fraction of sp³-hybridized carbons (Fsp3) is 0.480. The minimum absolute atomic E-state index is 0.0393. The molecule has 1 aliphatic rings. The Balaban J connectivity index is 1.51. The van der Waals surface area contributed by atoms with Gasteiger partial charge in [-0.1, -0.05) is 49.4 Å². The lowest BCUT2D eigenvalue weighted by Crippen LogP contribution is -3.19. The monoisotopic (exact) mass is 410 g/mol. The van der Waals surface area contributed by atoms with Gasteiger partial charge in [-0.3, -0.25) is 4.79 Å². The SMILES string of the molecule is CCOc1ccccc1N1CC[NH+]([C@@H](C)C(=O)NC[C@@H](CC)c2ccccc2)CC1. The van der Waals surface area contributed by atoms with Crippen molar-refractivity contribution in [2.75, 3.05) is 44.2 Å². The van der Waals surface area contributed by atoms with Crippen LogP contribution in [0.1, 0.15) is 38.7 Å². The van der Waals surface area contributed by atoms with Crippen LogP contribution in [0, 0.1) is 0 Å². The predicted molar refractivity (Wildman–Crippen MR) is 122 cm³/mol. The Morgan fingerprint density at radius 3 is 2.40 bits per heavy atom. The third kappa shape index (κ3) is 5.54. The van der Waals surface area contributed by atoms with Gasteiger partial charge in [-0.15, -0.1) is 0 Å². The standard InChI is InChI=1S/C25H35N3O2/c1-4-21(22-11-7-6-8-12-22)19-26-25(29)20(3)27-15-17-28(18-16-27)23-13-9-10-14-24(23)30-5-2/h6-14,20-21H,4-5,15-19H2,1-3H3,(H,26,29)/p+1/t20-,21+/m0/s1. The highest BCUT2D eigenvalue weighted by molar-refractivity contribution is 5.80. The molecule has 1 saturated heterocycles. The molecule has 0 unspecified atom stereocenters. The van der Waals surface area contributed by atoms with E-state index in [-0.39, 0.29) is 11.9 Å². The fourth-order valence-corrected chi connectivity index (χ4v) is 4.25. The van der Waals surface area contributed by atoms with Crippen LogP contribution >= 0.6 is 0 Å². The van der Waals surface area contributed by atoms with Crippen molar-refractivity contribution < 1.29 is 14.4 Å². The third-order valence-corrected chi connectivity index (χ3v) is 6.20. The van der Waals surface area contributed by atoms with E-state index in [4.69, 9.17) is 4.74 Å². The van der Waals surface area contributed by atoms with Gasteiger partial charge in [-0.05, 0) is 38.0 Å². The predicted octanol–water partition coefficient (Wildman–Crippen LogP) is 2.49. The van der Waals surface area contributed by atoms with Gasteiger partial charge in [0.15, 0.2) is 6.04 Å². The van der Waals surface area contributed by atoms with Crippen LogP contribution in [0.5, 0.6) is 5.75 Å². The second-order valence-electron chi connectivity index (χ2n) is 8.03. The van der Waals surface area contributed by atoms with Crippen molar-refractivity contribution in [3.8, 4) is 5.75 Å². The Labute approximate surface area is 181 Å². The Hall–Kier alpha value is -2.53. The topological polar surface area (TPSA) is 46.0 Å². The molecular formula is C25H36N3O2+. The van der Waals surface area contributed by atoms with E-state index >= 15 is 0 Å². The molecule has 0 saturated carbocycles. The van der Waals surface area contributed by atoms with Gasteiger partial charge in [0, 0.05) is 12.5 Å². The van der Waals surface area contributed by atoms with Gasteiger partial charge >= 0.3 is 0 Å². The average molecular weight is 411 g/mol. The summed E-state index contributed by atoms with van der Waals surface area (Å²) >= 11 is 0. The van der Waals surface area contributed by atoms with Gasteiger partial charge in [-0.25, -0.2) is 0 Å². The van der Waals surface area contributed by atoms with E-state index in [9.17, 15) is 4.79 Å². The Morgan fingerprint density at radius 1 is 1.07 bits per heavy atom. The zero-order valence-corrected chi connectivity index (χ0v) is 18.6. The van der Waals surface area contributed by atoms with Crippen molar-refractivity contribution >= 4 is 11.6 Å². The van der Waals surface area contributed by atoms with Crippen molar-refractivity contribution in [2.24, 2.45) is 0 Å². The van der Waals surface area contributed by atoms with Crippen molar-refractivity contribution in [1.29, 1.82) is 0 Å². The van der Waals surface area contributed by atoms with Crippen LogP contribution < -0.4 is 19.9 Å². The summed E-state index contributed by atoms with van der Waals surface area (Å²) in [4.78, 5) is 16.5. The second-order valence-corrected chi connectivity index (χ2v) is 8.03. The summed E-state index contributed by atoms with van der Waals surface area (Å²) in [5, 5.41) is 3.20. The lowest BCUT2D eigenvalue weighted by molar-refractivity contribution is -0.914. The molecule has 0 radical (unpaired) electrons. The van der Waals surface area contributed by atoms with E-state index in [1.54, 1.807) is 0 Å². The number of hydrogen-bond acceptors (Lipinski definition) is 3. The van der Waals surface area contributed by atoms with E-state index in [0.29, 0.717) is 19.1 Å². The molecule has 2 atom stereocenters. The molecule has 1 heterocycles. The first kappa shape index (κ1) is 22.2. The van der Waals surface area contributed by atoms with E-state index < -0.39 is 0 Å². The molecule has 5 heteroatoms. The zero-order valence-electron chi connectivity index (χ0n) is 18.6. The Kier molecular flexibility index (Phi) is 8.14. The van der Waals surface area contributed by atoms with Crippen molar-refractivity contribution in [3.05, 3.63) is 60.2 Å². The van der Waals surface area contributed by atoms with E-state index in [1.165, 1.54) is 10.5 Å². The molecular weight excluding hydrogens is 374 g/mol. The maximum absolute atomic E-state index is 12.8. The quantitative estimate of drug-likeness (QED) is 0.668. The second kappa shape index (κ2) is 11.0. The maximum atomic E-state index is 12.8. The summed E-state index contributed by atoms with van der Waals surface area (Å²) in [7, 11) is 0. The number of benzene rings is 2. The van der Waals surface area contributed by atoms with Crippen LogP contribution in [0.15, 0.2) is 54.6 Å². The van der Waals surface area contributed by atoms with Crippen LogP contribution in [0.3, 0.4) is 0 Å². The molecule has 2 aromatic rings. The molecule has 0 bridgehead atoms. The minimum atomic E-state index is -0.0393. The summed E-state index contributed by atoms with van der Waals surface area (Å²) in [6.45, 7) is 11.4. The highest BCUT2D eigenvalue weighted by atomic mass is 16.5. The number of hydrogen-bond donors (Lipinski definition) is 2. The van der Waals surface area contributed by atoms with Gasteiger partial charge < -0.3 is 19.9 Å². The minimum Gasteiger partial charge on any atom is -0.492 e. The number of amides is 1. The maximum Gasteiger partial charge on any atom is 0.278 e. The third-order valence-electron chi connectivity index (χ3n) is 6.20. The molecule has 1 amide bonds. The smallest absolute Gasteiger partial charge is 0.278 e. The number of nitrogens with zero attached hydrogens (tertiary/aromatic N) is 1. The fourth-order valence-electron chi connectivity index (χ4n) is 4.25. The van der Waals surface area contributed by atoms with Gasteiger partial charge in [0.05, 0.1) is 38.5 Å². The molecule has 3 rings (SSSR count). The highest BCUT2D eigenvalue weighted by Crippen LogP contribution is 2.27. The highest BCUT2D eigenvalue weighted by Gasteiger charge is 2.30. The molecule has 1 aliphatic heterocycles. The van der Waals surface area contributed by atoms with E-state index in [1.807, 2.05) is 25.1 Å². The van der Waals surface area contributed by atoms with Gasteiger partial charge in [0.2, 0.25) is 0 Å². The summed E-state index contributed by atoms with van der Waals surface area (Å²) in [5.41, 5.74) is 2.45. The number of para-hydroxylation sites is 2. The summed E-state index contributed by atoms with van der Waals surface area (Å²) in [6.07, 6.45) is 1.02. The van der Waals surface area contributed by atoms with Crippen LogP contribution in [0.25, 0.3) is 0 Å². The summed E-state index contributed by atoms with van der Waals surface area (Å²) < 4.78 is 5.79. The number of anilines is 1. The van der Waals surface area contributed by atoms with Crippen LogP contribution in [0.4, 0.5) is 5.69 Å². The number of nitrogens with one attached hydrogen (secondary N) is 2. The molecule has 2 N–H and O–H groups in total. The van der Waals surface area contributed by atoms with Gasteiger partial charge in [-0.2, -0.15) is 0 Å². The lowest BCUT2D eigenvalue weighted by atomic mass is 9.96. The Morgan fingerprint density at radius 2 is 1.73 bits per heavy atom. The van der Waals surface area contributed by atoms with Gasteiger partial charge in [0.1, 0.15) is 5.75 Å². The van der Waals surface area contributed by atoms with Crippen LogP contribution in [-0.4, -0.2) is 51.3 Å². The van der Waals surface area contributed by atoms with Crippen molar-refractivity contribution in [1.82, 2.24) is 5.32 Å². The van der Waals surface area contributed by atoms with E-state index in [0.717, 1.165) is 44.0 Å². The molecule has 0 spiro atoms. The number of quaternary nitrogens is 1. The first-order chi connectivity index (χ1) is 14.6. The van der Waals surface area contributed by atoms with Gasteiger partial charge in [0.25, 0.3) is 5.91 Å². The normalized spacial score (nSPS) is 16.7. The first-order valence-electron chi connectivity index (χ1n) is 11.3. The molecule has 30 heavy (non-hydrogen) atoms. The molecule has 162 valence electrons. The molecule has 0 aliphatic carbocycles. The number of carbonyl (C=O) groups excluding carboxylic acids is 1. The van der Waals surface area contributed by atoms with E-state index in [2.05, 4.69) is 60.5 Å². The molecule has 1 fully saturated rings. The summed E-state index contributed by atoms with van der Waals surface area (Å²) in [5.74, 6) is 1.47. The zero-order chi connectivity index (χ0) is 21.3. The lowest BCUT2D eigenvalue weighted by Gasteiger charge is -2.36. The summed E-state index contributed by atoms with van der Waals surface area (Å²) in [6, 6.07) is 18.7. The Bertz CT molecular complexity index is 788. The number of piperazine rings is 1. The number of carbonyl (C=O) groups is 1. The number of rotatable bonds is 9.